The van der Waals surface area contributed by atoms with Crippen molar-refractivity contribution < 1.29 is 23.9 Å². The van der Waals surface area contributed by atoms with Crippen molar-refractivity contribution in [1.82, 2.24) is 19.7 Å². The Morgan fingerprint density at radius 2 is 2.24 bits per heavy atom. The van der Waals surface area contributed by atoms with E-state index >= 15 is 0 Å². The quantitative estimate of drug-likeness (QED) is 0.787. The van der Waals surface area contributed by atoms with E-state index in [4.69, 9.17) is 4.84 Å². The lowest BCUT2D eigenvalue weighted by Gasteiger charge is -2.27. The van der Waals surface area contributed by atoms with Gasteiger partial charge in [-0.1, -0.05) is 0 Å². The minimum Gasteiger partial charge on any atom is -0.393 e. The number of hydrogen-bond acceptors (Lipinski definition) is 5. The monoisotopic (exact) mass is 403 g/mol. The molecule has 0 saturated carbocycles. The van der Waals surface area contributed by atoms with Crippen LogP contribution in [0.4, 0.5) is 14.9 Å². The first-order valence-corrected chi connectivity index (χ1v) is 9.33. The zero-order chi connectivity index (χ0) is 20.7. The number of halogens is 1. The molecule has 10 heteroatoms. The topological polar surface area (TPSA) is 99.9 Å². The van der Waals surface area contributed by atoms with Crippen LogP contribution in [-0.2, 0) is 24.3 Å². The van der Waals surface area contributed by atoms with Gasteiger partial charge in [0.25, 0.3) is 5.91 Å². The second-order valence-electron chi connectivity index (χ2n) is 7.23. The maximum Gasteiger partial charge on any atom is 0.322 e. The predicted molar refractivity (Wildman–Crippen MR) is 101 cm³/mol. The molecule has 0 fully saturated rings. The zero-order valence-electron chi connectivity index (χ0n) is 16.2. The minimum atomic E-state index is -0.576. The van der Waals surface area contributed by atoms with Crippen molar-refractivity contribution in [3.63, 3.8) is 0 Å². The van der Waals surface area contributed by atoms with Crippen LogP contribution in [0.2, 0.25) is 0 Å². The predicted octanol–water partition coefficient (Wildman–Crippen LogP) is 1.30. The van der Waals surface area contributed by atoms with E-state index in [0.717, 1.165) is 10.8 Å². The molecule has 1 aromatic heterocycles. The number of urea groups is 1. The number of amides is 3. The number of benzene rings is 1. The first kappa shape index (κ1) is 19.3. The largest absolute Gasteiger partial charge is 0.393 e. The molecule has 2 aliphatic heterocycles. The standard InChI is InChI=1S/C19H22FN5O4/c1-11-7-12(3-4-15(11)20)21-19(28)24-6-5-16-14(9-24)17-18(27)23(2)29-13(10-26)8-25(17)22-16/h3-4,7,13,26H,5-6,8-10H2,1-2H3,(H,21,28). The Balaban J connectivity index is 1.57. The molecule has 2 N–H and O–H groups in total. The van der Waals surface area contributed by atoms with Gasteiger partial charge in [0, 0.05) is 31.3 Å². The van der Waals surface area contributed by atoms with Gasteiger partial charge in [-0.3, -0.25) is 14.3 Å². The van der Waals surface area contributed by atoms with Gasteiger partial charge in [-0.25, -0.2) is 14.2 Å². The van der Waals surface area contributed by atoms with Gasteiger partial charge >= 0.3 is 6.03 Å². The second kappa shape index (κ2) is 7.45. The van der Waals surface area contributed by atoms with E-state index in [0.29, 0.717) is 35.5 Å². The first-order chi connectivity index (χ1) is 13.9. The summed E-state index contributed by atoms with van der Waals surface area (Å²) in [4.78, 5) is 32.5. The molecule has 0 bridgehead atoms. The number of aliphatic hydroxyl groups is 1. The average Bonchev–Trinajstić information content (AvgIpc) is 3.00. The summed E-state index contributed by atoms with van der Waals surface area (Å²) in [7, 11) is 1.49. The maximum atomic E-state index is 13.4. The lowest BCUT2D eigenvalue weighted by molar-refractivity contribution is -0.159. The number of carbonyl (C=O) groups excluding carboxylic acids is 2. The fraction of sp³-hybridized carbons (Fsp3) is 0.421. The third kappa shape index (κ3) is 3.56. The van der Waals surface area contributed by atoms with E-state index in [1.807, 2.05) is 0 Å². The molecule has 2 aliphatic rings. The molecule has 0 aliphatic carbocycles. The molecule has 1 atom stereocenters. The summed E-state index contributed by atoms with van der Waals surface area (Å²) in [6, 6.07) is 4.05. The highest BCUT2D eigenvalue weighted by Gasteiger charge is 2.35. The SMILES string of the molecule is Cc1cc(NC(=O)N2CCc3nn4c(c3C2)C(=O)N(C)OC(CO)C4)ccc1F. The van der Waals surface area contributed by atoms with E-state index in [9.17, 15) is 19.1 Å². The van der Waals surface area contributed by atoms with Gasteiger partial charge in [-0.05, 0) is 30.7 Å². The summed E-state index contributed by atoms with van der Waals surface area (Å²) in [6.45, 7) is 2.30. The van der Waals surface area contributed by atoms with E-state index in [2.05, 4.69) is 10.4 Å². The number of carbonyl (C=O) groups is 2. The fourth-order valence-electron chi connectivity index (χ4n) is 3.63. The number of aryl methyl sites for hydroxylation is 1. The van der Waals surface area contributed by atoms with Gasteiger partial charge in [0.05, 0.1) is 25.4 Å². The number of nitrogens with zero attached hydrogens (tertiary/aromatic N) is 4. The van der Waals surface area contributed by atoms with Crippen LogP contribution in [0.5, 0.6) is 0 Å². The number of fused-ring (bicyclic) bond motifs is 3. The number of rotatable bonds is 2. The summed E-state index contributed by atoms with van der Waals surface area (Å²) < 4.78 is 15.0. The van der Waals surface area contributed by atoms with Crippen LogP contribution >= 0.6 is 0 Å². The fourth-order valence-corrected chi connectivity index (χ4v) is 3.63. The number of aromatic nitrogens is 2. The van der Waals surface area contributed by atoms with Crippen molar-refractivity contribution in [2.45, 2.75) is 32.5 Å². The third-order valence-electron chi connectivity index (χ3n) is 5.17. The highest BCUT2D eigenvalue weighted by molar-refractivity contribution is 5.94. The van der Waals surface area contributed by atoms with Crippen molar-refractivity contribution >= 4 is 17.6 Å². The molecule has 4 rings (SSSR count). The molecule has 0 spiro atoms. The van der Waals surface area contributed by atoms with Crippen molar-refractivity contribution in [3.8, 4) is 0 Å². The lowest BCUT2D eigenvalue weighted by atomic mass is 10.1. The Morgan fingerprint density at radius 3 is 2.97 bits per heavy atom. The van der Waals surface area contributed by atoms with Gasteiger partial charge in [0.2, 0.25) is 0 Å². The molecular weight excluding hydrogens is 381 g/mol. The van der Waals surface area contributed by atoms with Crippen molar-refractivity contribution in [1.29, 1.82) is 0 Å². The Labute approximate surface area is 166 Å². The van der Waals surface area contributed by atoms with Crippen LogP contribution in [0.15, 0.2) is 18.2 Å². The van der Waals surface area contributed by atoms with E-state index in [1.165, 1.54) is 19.2 Å². The summed E-state index contributed by atoms with van der Waals surface area (Å²) >= 11 is 0. The first-order valence-electron chi connectivity index (χ1n) is 9.33. The van der Waals surface area contributed by atoms with E-state index in [1.54, 1.807) is 22.6 Å². The molecular formula is C19H22FN5O4. The van der Waals surface area contributed by atoms with Gasteiger partial charge in [-0.2, -0.15) is 5.10 Å². The number of hydroxylamine groups is 2. The van der Waals surface area contributed by atoms with Crippen molar-refractivity contribution in [2.75, 3.05) is 25.5 Å². The normalized spacial score (nSPS) is 18.9. The maximum absolute atomic E-state index is 13.4. The Kier molecular flexibility index (Phi) is 4.97. The Bertz CT molecular complexity index is 976. The minimum absolute atomic E-state index is 0.222. The van der Waals surface area contributed by atoms with E-state index < -0.39 is 6.10 Å². The van der Waals surface area contributed by atoms with Crippen LogP contribution in [0.25, 0.3) is 0 Å². The van der Waals surface area contributed by atoms with Crippen LogP contribution in [0, 0.1) is 12.7 Å². The molecule has 1 unspecified atom stereocenters. The highest BCUT2D eigenvalue weighted by atomic mass is 19.1. The number of hydrogen-bond donors (Lipinski definition) is 2. The smallest absolute Gasteiger partial charge is 0.322 e. The van der Waals surface area contributed by atoms with Crippen molar-refractivity contribution in [2.24, 2.45) is 0 Å². The summed E-state index contributed by atoms with van der Waals surface area (Å²) in [5, 5.41) is 17.8. The Morgan fingerprint density at radius 1 is 1.45 bits per heavy atom. The van der Waals surface area contributed by atoms with Crippen LogP contribution < -0.4 is 5.32 Å². The Hall–Kier alpha value is -2.98. The van der Waals surface area contributed by atoms with Crippen molar-refractivity contribution in [3.05, 3.63) is 46.5 Å². The molecule has 3 amide bonds. The van der Waals surface area contributed by atoms with Crippen LogP contribution in [-0.4, -0.2) is 63.1 Å². The average molecular weight is 403 g/mol. The van der Waals surface area contributed by atoms with Gasteiger partial charge in [0.15, 0.2) is 0 Å². The molecule has 2 aromatic rings. The van der Waals surface area contributed by atoms with Crippen LogP contribution in [0.3, 0.4) is 0 Å². The molecule has 1 aromatic carbocycles. The van der Waals surface area contributed by atoms with Crippen LogP contribution in [0.1, 0.15) is 27.3 Å². The molecule has 9 nitrogen and oxygen atoms in total. The number of anilines is 1. The lowest BCUT2D eigenvalue weighted by Crippen LogP contribution is -2.39. The molecule has 154 valence electrons. The summed E-state index contributed by atoms with van der Waals surface area (Å²) in [5.41, 5.74) is 2.76. The zero-order valence-corrected chi connectivity index (χ0v) is 16.2. The van der Waals surface area contributed by atoms with Gasteiger partial charge < -0.3 is 15.3 Å². The molecule has 0 saturated heterocycles. The highest BCUT2D eigenvalue weighted by Crippen LogP contribution is 2.26. The molecule has 0 radical (unpaired) electrons. The van der Waals surface area contributed by atoms with Gasteiger partial charge in [-0.15, -0.1) is 0 Å². The molecule has 3 heterocycles. The van der Waals surface area contributed by atoms with Gasteiger partial charge in [0.1, 0.15) is 17.6 Å². The molecule has 29 heavy (non-hydrogen) atoms. The summed E-state index contributed by atoms with van der Waals surface area (Å²) in [6.07, 6.45) is -0.0694. The summed E-state index contributed by atoms with van der Waals surface area (Å²) in [5.74, 6) is -0.703. The number of nitrogens with one attached hydrogen (secondary N) is 1. The second-order valence-corrected chi connectivity index (χ2v) is 7.23. The van der Waals surface area contributed by atoms with E-state index in [-0.39, 0.29) is 37.5 Å². The number of aliphatic hydroxyl groups excluding tert-OH is 1. The third-order valence-corrected chi connectivity index (χ3v) is 5.17.